The van der Waals surface area contributed by atoms with Crippen LogP contribution in [0.2, 0.25) is 0 Å². The van der Waals surface area contributed by atoms with Crippen molar-refractivity contribution in [1.82, 2.24) is 10.2 Å². The summed E-state index contributed by atoms with van der Waals surface area (Å²) in [5.74, 6) is 0.714. The maximum absolute atomic E-state index is 11.9. The number of morpholine rings is 1. The number of carbonyl (C=O) groups is 1. The standard InChI is InChI=1S/C13H26N2O2.ClH/c1-11(2)9-13(3,4)14-12(16)10-15-5-7-17-8-6-15;/h11H,5-10H2,1-4H3,(H,14,16);1H. The van der Waals surface area contributed by atoms with E-state index in [4.69, 9.17) is 4.74 Å². The van der Waals surface area contributed by atoms with E-state index in [1.54, 1.807) is 0 Å². The van der Waals surface area contributed by atoms with Gasteiger partial charge < -0.3 is 10.1 Å². The molecule has 1 aliphatic rings. The Labute approximate surface area is 117 Å². The van der Waals surface area contributed by atoms with Crippen LogP contribution in [0.5, 0.6) is 0 Å². The van der Waals surface area contributed by atoms with Gasteiger partial charge in [-0.25, -0.2) is 0 Å². The van der Waals surface area contributed by atoms with Crippen LogP contribution in [-0.4, -0.2) is 49.2 Å². The lowest BCUT2D eigenvalue weighted by atomic mass is 9.93. The topological polar surface area (TPSA) is 41.6 Å². The van der Waals surface area contributed by atoms with Crippen molar-refractivity contribution in [3.63, 3.8) is 0 Å². The van der Waals surface area contributed by atoms with Gasteiger partial charge in [0.15, 0.2) is 0 Å². The lowest BCUT2D eigenvalue weighted by molar-refractivity contribution is -0.125. The molecule has 1 aliphatic heterocycles. The number of nitrogens with one attached hydrogen (secondary N) is 1. The maximum atomic E-state index is 11.9. The highest BCUT2D eigenvalue weighted by atomic mass is 35.5. The minimum atomic E-state index is -0.114. The Kier molecular flexibility index (Phi) is 7.83. The Morgan fingerprint density at radius 1 is 1.33 bits per heavy atom. The highest BCUT2D eigenvalue weighted by Gasteiger charge is 2.23. The number of amides is 1. The molecule has 1 rings (SSSR count). The summed E-state index contributed by atoms with van der Waals surface area (Å²) < 4.78 is 5.26. The number of ether oxygens (including phenoxy) is 1. The molecule has 0 aromatic carbocycles. The molecular weight excluding hydrogens is 252 g/mol. The number of nitrogens with zero attached hydrogens (tertiary/aromatic N) is 1. The molecule has 1 saturated heterocycles. The molecular formula is C13H27ClN2O2. The summed E-state index contributed by atoms with van der Waals surface area (Å²) >= 11 is 0. The molecule has 1 fully saturated rings. The van der Waals surface area contributed by atoms with Crippen molar-refractivity contribution >= 4 is 18.3 Å². The molecule has 0 bridgehead atoms. The van der Waals surface area contributed by atoms with E-state index in [2.05, 4.69) is 37.9 Å². The summed E-state index contributed by atoms with van der Waals surface area (Å²) in [6.07, 6.45) is 1.00. The molecule has 108 valence electrons. The Morgan fingerprint density at radius 2 is 1.89 bits per heavy atom. The quantitative estimate of drug-likeness (QED) is 0.832. The third-order valence-corrected chi connectivity index (χ3v) is 2.87. The second-order valence-electron chi connectivity index (χ2n) is 5.92. The average Bonchev–Trinajstić information content (AvgIpc) is 2.15. The van der Waals surface area contributed by atoms with E-state index in [9.17, 15) is 4.79 Å². The van der Waals surface area contributed by atoms with Gasteiger partial charge in [-0.1, -0.05) is 13.8 Å². The molecule has 1 N–H and O–H groups in total. The first-order valence-electron chi connectivity index (χ1n) is 6.50. The van der Waals surface area contributed by atoms with Gasteiger partial charge >= 0.3 is 0 Å². The molecule has 0 aliphatic carbocycles. The third kappa shape index (κ3) is 7.19. The van der Waals surface area contributed by atoms with Crippen LogP contribution in [0.4, 0.5) is 0 Å². The molecule has 0 atom stereocenters. The van der Waals surface area contributed by atoms with E-state index in [0.717, 1.165) is 32.7 Å². The molecule has 0 unspecified atom stereocenters. The van der Waals surface area contributed by atoms with Crippen molar-refractivity contribution in [2.45, 2.75) is 39.7 Å². The summed E-state index contributed by atoms with van der Waals surface area (Å²) in [7, 11) is 0. The van der Waals surface area contributed by atoms with E-state index in [1.165, 1.54) is 0 Å². The molecule has 18 heavy (non-hydrogen) atoms. The first kappa shape index (κ1) is 17.7. The summed E-state index contributed by atoms with van der Waals surface area (Å²) in [6.45, 7) is 12.2. The predicted molar refractivity (Wildman–Crippen MR) is 76.2 cm³/mol. The third-order valence-electron chi connectivity index (χ3n) is 2.87. The fourth-order valence-corrected chi connectivity index (χ4v) is 2.45. The zero-order chi connectivity index (χ0) is 12.9. The van der Waals surface area contributed by atoms with Gasteiger partial charge in [0.05, 0.1) is 19.8 Å². The van der Waals surface area contributed by atoms with Crippen LogP contribution in [0.3, 0.4) is 0 Å². The lowest BCUT2D eigenvalue weighted by Crippen LogP contribution is -2.50. The summed E-state index contributed by atoms with van der Waals surface area (Å²) in [5.41, 5.74) is -0.114. The molecule has 0 radical (unpaired) electrons. The molecule has 5 heteroatoms. The van der Waals surface area contributed by atoms with Crippen LogP contribution in [-0.2, 0) is 9.53 Å². The number of carbonyl (C=O) groups excluding carboxylic acids is 1. The average molecular weight is 279 g/mol. The van der Waals surface area contributed by atoms with Crippen LogP contribution < -0.4 is 5.32 Å². The van der Waals surface area contributed by atoms with Crippen molar-refractivity contribution in [3.8, 4) is 0 Å². The zero-order valence-corrected chi connectivity index (χ0v) is 12.8. The largest absolute Gasteiger partial charge is 0.379 e. The van der Waals surface area contributed by atoms with Crippen molar-refractivity contribution in [3.05, 3.63) is 0 Å². The molecule has 0 aromatic heterocycles. The van der Waals surface area contributed by atoms with E-state index >= 15 is 0 Å². The van der Waals surface area contributed by atoms with Crippen LogP contribution in [0.1, 0.15) is 34.1 Å². The molecule has 0 spiro atoms. The number of halogens is 1. The van der Waals surface area contributed by atoms with Crippen molar-refractivity contribution in [2.75, 3.05) is 32.8 Å². The van der Waals surface area contributed by atoms with Gasteiger partial charge in [0.2, 0.25) is 5.91 Å². The number of hydrogen-bond donors (Lipinski definition) is 1. The first-order valence-corrected chi connectivity index (χ1v) is 6.50. The SMILES string of the molecule is CC(C)CC(C)(C)NC(=O)CN1CCOCC1.Cl. The Bertz CT molecular complexity index is 251. The summed E-state index contributed by atoms with van der Waals surface area (Å²) in [5, 5.41) is 3.11. The zero-order valence-electron chi connectivity index (χ0n) is 12.0. The van der Waals surface area contributed by atoms with Gasteiger partial charge in [-0.05, 0) is 26.2 Å². The van der Waals surface area contributed by atoms with E-state index in [-0.39, 0.29) is 23.9 Å². The number of rotatable bonds is 5. The van der Waals surface area contributed by atoms with Crippen LogP contribution in [0, 0.1) is 5.92 Å². The molecule has 4 nitrogen and oxygen atoms in total. The second kappa shape index (κ2) is 7.97. The number of hydrogen-bond acceptors (Lipinski definition) is 3. The fraction of sp³-hybridized carbons (Fsp3) is 0.923. The van der Waals surface area contributed by atoms with Gasteiger partial charge in [-0.15, -0.1) is 12.4 Å². The van der Waals surface area contributed by atoms with Crippen LogP contribution in [0.15, 0.2) is 0 Å². The monoisotopic (exact) mass is 278 g/mol. The summed E-state index contributed by atoms with van der Waals surface area (Å²) in [6, 6.07) is 0. The van der Waals surface area contributed by atoms with Crippen LogP contribution >= 0.6 is 12.4 Å². The molecule has 0 saturated carbocycles. The van der Waals surface area contributed by atoms with Gasteiger partial charge in [-0.2, -0.15) is 0 Å². The lowest BCUT2D eigenvalue weighted by Gasteiger charge is -2.31. The molecule has 0 aromatic rings. The van der Waals surface area contributed by atoms with Crippen molar-refractivity contribution in [2.24, 2.45) is 5.92 Å². The Hall–Kier alpha value is -0.320. The highest BCUT2D eigenvalue weighted by molar-refractivity contribution is 5.85. The second-order valence-corrected chi connectivity index (χ2v) is 5.92. The van der Waals surface area contributed by atoms with E-state index in [0.29, 0.717) is 12.5 Å². The smallest absolute Gasteiger partial charge is 0.234 e. The predicted octanol–water partition coefficient (Wildman–Crippen LogP) is 1.68. The Balaban J connectivity index is 0.00000289. The maximum Gasteiger partial charge on any atom is 0.234 e. The minimum Gasteiger partial charge on any atom is -0.379 e. The van der Waals surface area contributed by atoms with Crippen LogP contribution in [0.25, 0.3) is 0 Å². The van der Waals surface area contributed by atoms with Gasteiger partial charge in [0, 0.05) is 18.6 Å². The van der Waals surface area contributed by atoms with E-state index in [1.807, 2.05) is 0 Å². The highest BCUT2D eigenvalue weighted by Crippen LogP contribution is 2.15. The van der Waals surface area contributed by atoms with Crippen molar-refractivity contribution < 1.29 is 9.53 Å². The Morgan fingerprint density at radius 3 is 2.39 bits per heavy atom. The molecule has 1 amide bonds. The van der Waals surface area contributed by atoms with Gasteiger partial charge in [-0.3, -0.25) is 9.69 Å². The molecule has 1 heterocycles. The summed E-state index contributed by atoms with van der Waals surface area (Å²) in [4.78, 5) is 14.1. The normalized spacial score (nSPS) is 17.4. The van der Waals surface area contributed by atoms with Gasteiger partial charge in [0.25, 0.3) is 0 Å². The fourth-order valence-electron chi connectivity index (χ4n) is 2.45. The van der Waals surface area contributed by atoms with Gasteiger partial charge in [0.1, 0.15) is 0 Å². The van der Waals surface area contributed by atoms with E-state index < -0.39 is 0 Å². The van der Waals surface area contributed by atoms with Crippen molar-refractivity contribution in [1.29, 1.82) is 0 Å². The first-order chi connectivity index (χ1) is 7.89. The minimum absolute atomic E-state index is 0.